The van der Waals surface area contributed by atoms with Crippen LogP contribution >= 0.6 is 0 Å². The summed E-state index contributed by atoms with van der Waals surface area (Å²) in [6.07, 6.45) is -5.41. The van der Waals surface area contributed by atoms with Crippen LogP contribution in [0.4, 0.5) is 13.2 Å². The Kier molecular flexibility index (Phi) is 3.62. The minimum Gasteiger partial charge on any atom is -0.314 e. The van der Waals surface area contributed by atoms with Crippen LogP contribution in [0.5, 0.6) is 0 Å². The van der Waals surface area contributed by atoms with E-state index < -0.39 is 23.9 Å². The highest BCUT2D eigenvalue weighted by molar-refractivity contribution is 5.77. The van der Waals surface area contributed by atoms with Gasteiger partial charge in [-0.25, -0.2) is 0 Å². The molecule has 1 rings (SSSR count). The lowest BCUT2D eigenvalue weighted by atomic mass is 9.85. The first kappa shape index (κ1) is 13.7. The van der Waals surface area contributed by atoms with E-state index in [9.17, 15) is 18.0 Å². The summed E-state index contributed by atoms with van der Waals surface area (Å²) in [5.41, 5.74) is 3.54. The van der Waals surface area contributed by atoms with E-state index in [1.807, 2.05) is 0 Å². The molecular weight excluding hydrogens is 231 g/mol. The molecule has 5 heteroatoms. The molecule has 1 atom stereocenters. The second-order valence-corrected chi connectivity index (χ2v) is 4.21. The van der Waals surface area contributed by atoms with Crippen molar-refractivity contribution in [2.75, 3.05) is 0 Å². The highest BCUT2D eigenvalue weighted by atomic mass is 19.4. The number of Topliss-reactive ketones (excluding diaryl/α,β-unsaturated/α-hetero) is 1. The Morgan fingerprint density at radius 1 is 1.24 bits per heavy atom. The molecule has 0 bridgehead atoms. The molecule has 94 valence electrons. The van der Waals surface area contributed by atoms with E-state index in [-0.39, 0.29) is 5.56 Å². The van der Waals surface area contributed by atoms with Gasteiger partial charge < -0.3 is 5.73 Å². The first-order valence-electron chi connectivity index (χ1n) is 5.09. The Morgan fingerprint density at radius 3 is 2.06 bits per heavy atom. The molecular formula is C12H14F3NO. The summed E-state index contributed by atoms with van der Waals surface area (Å²) in [6, 6.07) is 5.71. The minimum absolute atomic E-state index is 0.0919. The zero-order valence-electron chi connectivity index (χ0n) is 9.64. The zero-order valence-corrected chi connectivity index (χ0v) is 9.64. The van der Waals surface area contributed by atoms with Crippen LogP contribution in [0.15, 0.2) is 24.3 Å². The Morgan fingerprint density at radius 2 is 1.71 bits per heavy atom. The van der Waals surface area contributed by atoms with Gasteiger partial charge in [0.25, 0.3) is 0 Å². The zero-order chi connectivity index (χ0) is 13.3. The van der Waals surface area contributed by atoms with Gasteiger partial charge in [-0.2, -0.15) is 13.2 Å². The van der Waals surface area contributed by atoms with Gasteiger partial charge in [-0.15, -0.1) is 0 Å². The fraction of sp³-hybridized carbons (Fsp3) is 0.417. The van der Waals surface area contributed by atoms with Crippen molar-refractivity contribution in [2.45, 2.75) is 32.0 Å². The summed E-state index contributed by atoms with van der Waals surface area (Å²) in [5.74, 6) is -0.592. The van der Waals surface area contributed by atoms with Crippen molar-refractivity contribution in [2.24, 2.45) is 5.73 Å². The van der Waals surface area contributed by atoms with Crippen molar-refractivity contribution in [3.8, 4) is 0 Å². The van der Waals surface area contributed by atoms with Gasteiger partial charge in [-0.3, -0.25) is 4.79 Å². The monoisotopic (exact) mass is 245 g/mol. The fourth-order valence-corrected chi connectivity index (χ4v) is 1.61. The van der Waals surface area contributed by atoms with Gasteiger partial charge in [0.1, 0.15) is 11.3 Å². The standard InChI is InChI=1S/C12H14F3NO/c1-8-3-5-10(6-4-8)11(16,7-9(2)17)12(13,14)15/h3-6H,7,16H2,1-2H3/t11-/m1/s1. The van der Waals surface area contributed by atoms with Crippen LogP contribution in [0.3, 0.4) is 0 Å². The Bertz CT molecular complexity index is 411. The van der Waals surface area contributed by atoms with E-state index in [0.717, 1.165) is 12.5 Å². The molecule has 0 aliphatic heterocycles. The molecule has 0 aliphatic rings. The van der Waals surface area contributed by atoms with Crippen molar-refractivity contribution < 1.29 is 18.0 Å². The fourth-order valence-electron chi connectivity index (χ4n) is 1.61. The molecule has 0 aromatic heterocycles. The number of hydrogen-bond donors (Lipinski definition) is 1. The number of alkyl halides is 3. The highest BCUT2D eigenvalue weighted by Crippen LogP contribution is 2.39. The van der Waals surface area contributed by atoms with E-state index in [1.165, 1.54) is 12.1 Å². The van der Waals surface area contributed by atoms with Gasteiger partial charge in [0.05, 0.1) is 0 Å². The van der Waals surface area contributed by atoms with Crippen LogP contribution in [0, 0.1) is 6.92 Å². The SMILES string of the molecule is CC(=O)C[C@@](N)(c1ccc(C)cc1)C(F)(F)F. The average molecular weight is 245 g/mol. The van der Waals surface area contributed by atoms with Crippen LogP contribution in [-0.2, 0) is 10.3 Å². The van der Waals surface area contributed by atoms with Gasteiger partial charge in [0.2, 0.25) is 0 Å². The third kappa shape index (κ3) is 2.85. The Balaban J connectivity index is 3.24. The van der Waals surface area contributed by atoms with Crippen LogP contribution in [-0.4, -0.2) is 12.0 Å². The van der Waals surface area contributed by atoms with Crippen molar-refractivity contribution in [1.82, 2.24) is 0 Å². The summed E-state index contributed by atoms with van der Waals surface area (Å²) >= 11 is 0. The van der Waals surface area contributed by atoms with Crippen molar-refractivity contribution in [1.29, 1.82) is 0 Å². The molecule has 0 fully saturated rings. The number of benzene rings is 1. The number of hydrogen-bond acceptors (Lipinski definition) is 2. The second-order valence-electron chi connectivity index (χ2n) is 4.21. The molecule has 0 unspecified atom stereocenters. The first-order chi connectivity index (χ1) is 7.67. The van der Waals surface area contributed by atoms with Gasteiger partial charge in [-0.1, -0.05) is 29.8 Å². The van der Waals surface area contributed by atoms with Crippen molar-refractivity contribution >= 4 is 5.78 Å². The third-order valence-corrected chi connectivity index (χ3v) is 2.60. The van der Waals surface area contributed by atoms with Gasteiger partial charge >= 0.3 is 6.18 Å². The summed E-state index contributed by atoms with van der Waals surface area (Å²) in [4.78, 5) is 11.0. The predicted octanol–water partition coefficient (Wildman–Crippen LogP) is 2.69. The summed E-state index contributed by atoms with van der Waals surface area (Å²) in [6.45, 7) is 2.86. The Hall–Kier alpha value is -1.36. The molecule has 1 aromatic rings. The number of aryl methyl sites for hydroxylation is 1. The molecule has 0 saturated carbocycles. The lowest BCUT2D eigenvalue weighted by molar-refractivity contribution is -0.192. The largest absolute Gasteiger partial charge is 0.411 e. The van der Waals surface area contributed by atoms with Gasteiger partial charge in [-0.05, 0) is 19.4 Å². The molecule has 0 saturated heterocycles. The van der Waals surface area contributed by atoms with Gasteiger partial charge in [0.15, 0.2) is 0 Å². The van der Waals surface area contributed by atoms with Crippen LogP contribution in [0.2, 0.25) is 0 Å². The molecule has 2 N–H and O–H groups in total. The van der Waals surface area contributed by atoms with E-state index >= 15 is 0 Å². The number of ketones is 1. The molecule has 1 aromatic carbocycles. The molecule has 2 nitrogen and oxygen atoms in total. The molecule has 0 radical (unpaired) electrons. The molecule has 0 aliphatic carbocycles. The third-order valence-electron chi connectivity index (χ3n) is 2.60. The van der Waals surface area contributed by atoms with E-state index in [1.54, 1.807) is 19.1 Å². The summed E-state index contributed by atoms with van der Waals surface area (Å²) in [5, 5.41) is 0. The van der Waals surface area contributed by atoms with Crippen molar-refractivity contribution in [3.05, 3.63) is 35.4 Å². The topological polar surface area (TPSA) is 43.1 Å². The Labute approximate surface area is 97.6 Å². The predicted molar refractivity (Wildman–Crippen MR) is 58.4 cm³/mol. The molecule has 0 heterocycles. The number of nitrogens with two attached hydrogens (primary N) is 1. The van der Waals surface area contributed by atoms with E-state index in [0.29, 0.717) is 0 Å². The average Bonchev–Trinajstić information content (AvgIpc) is 2.15. The quantitative estimate of drug-likeness (QED) is 0.889. The molecule has 17 heavy (non-hydrogen) atoms. The van der Waals surface area contributed by atoms with E-state index in [4.69, 9.17) is 5.73 Å². The molecule has 0 spiro atoms. The highest BCUT2D eigenvalue weighted by Gasteiger charge is 2.53. The number of carbonyl (C=O) groups is 1. The lowest BCUT2D eigenvalue weighted by Crippen LogP contribution is -2.51. The van der Waals surface area contributed by atoms with Crippen LogP contribution in [0.25, 0.3) is 0 Å². The lowest BCUT2D eigenvalue weighted by Gasteiger charge is -2.31. The van der Waals surface area contributed by atoms with Crippen molar-refractivity contribution in [3.63, 3.8) is 0 Å². The maximum atomic E-state index is 13.0. The molecule has 0 amide bonds. The summed E-state index contributed by atoms with van der Waals surface area (Å²) in [7, 11) is 0. The van der Waals surface area contributed by atoms with Crippen LogP contribution < -0.4 is 5.73 Å². The van der Waals surface area contributed by atoms with E-state index in [2.05, 4.69) is 0 Å². The number of rotatable bonds is 3. The second kappa shape index (κ2) is 4.49. The maximum Gasteiger partial charge on any atom is 0.411 e. The first-order valence-corrected chi connectivity index (χ1v) is 5.09. The van der Waals surface area contributed by atoms with Crippen LogP contribution in [0.1, 0.15) is 24.5 Å². The number of halogens is 3. The maximum absolute atomic E-state index is 13.0. The smallest absolute Gasteiger partial charge is 0.314 e. The minimum atomic E-state index is -4.66. The number of carbonyl (C=O) groups excluding carboxylic acids is 1. The van der Waals surface area contributed by atoms with Gasteiger partial charge in [0, 0.05) is 6.42 Å². The summed E-state index contributed by atoms with van der Waals surface area (Å²) < 4.78 is 38.9. The normalized spacial score (nSPS) is 15.4.